The lowest BCUT2D eigenvalue weighted by Crippen LogP contribution is -2.37. The van der Waals surface area contributed by atoms with Crippen molar-refractivity contribution in [3.05, 3.63) is 34.1 Å². The minimum absolute atomic E-state index is 0.00592. The summed E-state index contributed by atoms with van der Waals surface area (Å²) in [6, 6.07) is 2.44. The van der Waals surface area contributed by atoms with E-state index in [-0.39, 0.29) is 15.8 Å². The lowest BCUT2D eigenvalue weighted by molar-refractivity contribution is 0.362. The molecular weight excluding hydrogens is 344 g/mol. The van der Waals surface area contributed by atoms with Crippen molar-refractivity contribution < 1.29 is 13.3 Å². The lowest BCUT2D eigenvalue weighted by Gasteiger charge is -2.19. The van der Waals surface area contributed by atoms with E-state index in [0.717, 1.165) is 6.07 Å². The van der Waals surface area contributed by atoms with Crippen LogP contribution < -0.4 is 5.32 Å². The molecule has 0 saturated carbocycles. The number of nitrogens with one attached hydrogen (secondary N) is 1. The average Bonchev–Trinajstić information content (AvgIpc) is 2.83. The van der Waals surface area contributed by atoms with Crippen molar-refractivity contribution in [1.29, 1.82) is 0 Å². The predicted octanol–water partition coefficient (Wildman–Crippen LogP) is 3.71. The largest absolute Gasteiger partial charge is 0.339 e. The number of rotatable bonds is 4. The summed E-state index contributed by atoms with van der Waals surface area (Å²) in [6.07, 6.45) is 0.561. The van der Waals surface area contributed by atoms with Crippen LogP contribution in [-0.4, -0.2) is 22.2 Å². The molecule has 0 fully saturated rings. The van der Waals surface area contributed by atoms with Gasteiger partial charge in [0.1, 0.15) is 0 Å². The van der Waals surface area contributed by atoms with Crippen molar-refractivity contribution in [1.82, 2.24) is 15.5 Å². The van der Waals surface area contributed by atoms with Crippen LogP contribution in [0.15, 0.2) is 21.1 Å². The van der Waals surface area contributed by atoms with Crippen molar-refractivity contribution in [3.63, 3.8) is 0 Å². The molecule has 21 heavy (non-hydrogen) atoms. The van der Waals surface area contributed by atoms with E-state index in [1.165, 1.54) is 6.07 Å². The van der Waals surface area contributed by atoms with E-state index < -0.39 is 11.6 Å². The fourth-order valence-electron chi connectivity index (χ4n) is 1.71. The van der Waals surface area contributed by atoms with Gasteiger partial charge in [-0.1, -0.05) is 5.16 Å². The average molecular weight is 360 g/mol. The van der Waals surface area contributed by atoms with Gasteiger partial charge in [-0.3, -0.25) is 0 Å². The summed E-state index contributed by atoms with van der Waals surface area (Å²) in [5.41, 5.74) is 0.360. The third-order valence-corrected chi connectivity index (χ3v) is 3.51. The molecule has 2 aromatic rings. The molecule has 0 aliphatic rings. The molecule has 0 aliphatic carbocycles. The normalized spacial score (nSPS) is 11.9. The van der Waals surface area contributed by atoms with Gasteiger partial charge < -0.3 is 9.84 Å². The number of halogens is 3. The van der Waals surface area contributed by atoms with Crippen LogP contribution in [0.5, 0.6) is 0 Å². The van der Waals surface area contributed by atoms with Crippen LogP contribution in [0.1, 0.15) is 26.7 Å². The maximum Gasteiger partial charge on any atom is 0.228 e. The molecule has 1 aromatic heterocycles. The molecule has 1 heterocycles. The van der Waals surface area contributed by atoms with E-state index in [2.05, 4.69) is 52.2 Å². The first kappa shape index (κ1) is 16.0. The highest BCUT2D eigenvalue weighted by Gasteiger charge is 2.17. The maximum absolute atomic E-state index is 13.5. The molecular formula is C14H16BrF2N3O. The SMILES string of the molecule is CC(C)(C)NCCc1nc(-c2ccc(F)c(F)c2Br)no1. The van der Waals surface area contributed by atoms with Gasteiger partial charge in [-0.15, -0.1) is 0 Å². The van der Waals surface area contributed by atoms with E-state index in [1.807, 2.05) is 0 Å². The molecule has 1 aromatic carbocycles. The molecule has 4 nitrogen and oxygen atoms in total. The van der Waals surface area contributed by atoms with Gasteiger partial charge in [-0.05, 0) is 48.8 Å². The summed E-state index contributed by atoms with van der Waals surface area (Å²) < 4.78 is 31.7. The maximum atomic E-state index is 13.5. The summed E-state index contributed by atoms with van der Waals surface area (Å²) >= 11 is 3.01. The van der Waals surface area contributed by atoms with E-state index in [0.29, 0.717) is 24.4 Å². The first-order chi connectivity index (χ1) is 9.78. The van der Waals surface area contributed by atoms with Crippen molar-refractivity contribution in [2.75, 3.05) is 6.54 Å². The quantitative estimate of drug-likeness (QED) is 0.845. The van der Waals surface area contributed by atoms with Gasteiger partial charge in [0.25, 0.3) is 0 Å². The van der Waals surface area contributed by atoms with Crippen LogP contribution >= 0.6 is 15.9 Å². The molecule has 0 aliphatic heterocycles. The molecule has 0 amide bonds. The Balaban J connectivity index is 2.12. The van der Waals surface area contributed by atoms with Crippen LogP contribution in [0, 0.1) is 11.6 Å². The Hall–Kier alpha value is -1.34. The first-order valence-electron chi connectivity index (χ1n) is 6.49. The number of aromatic nitrogens is 2. The number of hydrogen-bond acceptors (Lipinski definition) is 4. The molecule has 0 unspecified atom stereocenters. The van der Waals surface area contributed by atoms with E-state index in [9.17, 15) is 8.78 Å². The van der Waals surface area contributed by atoms with Crippen LogP contribution in [0.25, 0.3) is 11.4 Å². The molecule has 0 bridgehead atoms. The van der Waals surface area contributed by atoms with Crippen LogP contribution in [0.2, 0.25) is 0 Å². The predicted molar refractivity (Wildman–Crippen MR) is 78.8 cm³/mol. The van der Waals surface area contributed by atoms with E-state index >= 15 is 0 Å². The van der Waals surface area contributed by atoms with Crippen molar-refractivity contribution in [3.8, 4) is 11.4 Å². The molecule has 2 rings (SSSR count). The number of hydrogen-bond donors (Lipinski definition) is 1. The smallest absolute Gasteiger partial charge is 0.228 e. The monoisotopic (exact) mass is 359 g/mol. The van der Waals surface area contributed by atoms with Crippen molar-refractivity contribution in [2.24, 2.45) is 0 Å². The molecule has 1 N–H and O–H groups in total. The summed E-state index contributed by atoms with van der Waals surface area (Å²) in [6.45, 7) is 6.87. The van der Waals surface area contributed by atoms with Gasteiger partial charge >= 0.3 is 0 Å². The van der Waals surface area contributed by atoms with Gasteiger partial charge in [0, 0.05) is 24.1 Å². The second kappa shape index (κ2) is 6.19. The highest BCUT2D eigenvalue weighted by atomic mass is 79.9. The molecule has 114 valence electrons. The zero-order valence-corrected chi connectivity index (χ0v) is 13.6. The van der Waals surface area contributed by atoms with E-state index in [1.54, 1.807) is 0 Å². The zero-order chi connectivity index (χ0) is 15.6. The molecule has 7 heteroatoms. The Kier molecular flexibility index (Phi) is 4.73. The van der Waals surface area contributed by atoms with Crippen molar-refractivity contribution >= 4 is 15.9 Å². The van der Waals surface area contributed by atoms with Crippen LogP contribution in [-0.2, 0) is 6.42 Å². The van der Waals surface area contributed by atoms with Gasteiger partial charge in [0.15, 0.2) is 11.6 Å². The molecule has 0 saturated heterocycles. The van der Waals surface area contributed by atoms with Gasteiger partial charge in [-0.2, -0.15) is 4.98 Å². The van der Waals surface area contributed by atoms with Gasteiger partial charge in [0.05, 0.1) is 4.47 Å². The standard InChI is InChI=1S/C14H16BrF2N3O/c1-14(2,3)18-7-6-10-19-13(20-21-10)8-4-5-9(16)12(17)11(8)15/h4-5,18H,6-7H2,1-3H3. The summed E-state index contributed by atoms with van der Waals surface area (Å²) in [7, 11) is 0. The third-order valence-electron chi connectivity index (χ3n) is 2.74. The Morgan fingerprint density at radius 1 is 1.29 bits per heavy atom. The fraction of sp³-hybridized carbons (Fsp3) is 0.429. The minimum atomic E-state index is -0.965. The Labute approximate surface area is 130 Å². The highest BCUT2D eigenvalue weighted by molar-refractivity contribution is 9.10. The van der Waals surface area contributed by atoms with Crippen molar-refractivity contribution in [2.45, 2.75) is 32.7 Å². The number of nitrogens with zero attached hydrogens (tertiary/aromatic N) is 2. The first-order valence-corrected chi connectivity index (χ1v) is 7.29. The molecule has 0 spiro atoms. The fourth-order valence-corrected chi connectivity index (χ4v) is 2.21. The Bertz CT molecular complexity index is 638. The zero-order valence-electron chi connectivity index (χ0n) is 12.0. The van der Waals surface area contributed by atoms with Crippen LogP contribution in [0.3, 0.4) is 0 Å². The topological polar surface area (TPSA) is 51.0 Å². The third kappa shape index (κ3) is 4.07. The van der Waals surface area contributed by atoms with Gasteiger partial charge in [0.2, 0.25) is 11.7 Å². The minimum Gasteiger partial charge on any atom is -0.339 e. The second-order valence-electron chi connectivity index (χ2n) is 5.66. The van der Waals surface area contributed by atoms with Crippen LogP contribution in [0.4, 0.5) is 8.78 Å². The summed E-state index contributed by atoms with van der Waals surface area (Å²) in [5.74, 6) is -1.22. The van der Waals surface area contributed by atoms with Gasteiger partial charge in [-0.25, -0.2) is 8.78 Å². The second-order valence-corrected chi connectivity index (χ2v) is 6.45. The molecule has 0 atom stereocenters. The molecule has 0 radical (unpaired) electrons. The van der Waals surface area contributed by atoms with E-state index in [4.69, 9.17) is 4.52 Å². The summed E-state index contributed by atoms with van der Waals surface area (Å²) in [5, 5.41) is 7.10. The highest BCUT2D eigenvalue weighted by Crippen LogP contribution is 2.29. The number of benzene rings is 1. The summed E-state index contributed by atoms with van der Waals surface area (Å²) in [4.78, 5) is 4.19. The Morgan fingerprint density at radius 2 is 2.00 bits per heavy atom. The lowest BCUT2D eigenvalue weighted by atomic mass is 10.1. The Morgan fingerprint density at radius 3 is 2.67 bits per heavy atom.